The minimum atomic E-state index is -0.346. The second kappa shape index (κ2) is 7.16. The number of nitrogens with one attached hydrogen (secondary N) is 1. The molecule has 0 spiro atoms. The third-order valence-corrected chi connectivity index (χ3v) is 5.05. The molecule has 0 amide bonds. The normalized spacial score (nSPS) is 12.1. The van der Waals surface area contributed by atoms with Crippen LogP contribution in [0.25, 0.3) is 16.9 Å². The molecule has 4 rings (SSSR count). The molecule has 0 aliphatic carbocycles. The molecule has 12 heteroatoms. The number of aromatic nitrogens is 7. The number of nitriles is 1. The van der Waals surface area contributed by atoms with Crippen LogP contribution < -0.4 is 16.8 Å². The highest BCUT2D eigenvalue weighted by atomic mass is 35.5. The van der Waals surface area contributed by atoms with Crippen LogP contribution in [0.1, 0.15) is 29.8 Å². The van der Waals surface area contributed by atoms with Crippen LogP contribution in [0.15, 0.2) is 18.6 Å². The van der Waals surface area contributed by atoms with Gasteiger partial charge in [0.2, 0.25) is 5.95 Å². The number of halogens is 1. The predicted octanol–water partition coefficient (Wildman–Crippen LogP) is 2.09. The summed E-state index contributed by atoms with van der Waals surface area (Å²) in [5, 5.41) is 21.8. The molecule has 0 saturated carbocycles. The van der Waals surface area contributed by atoms with Crippen LogP contribution in [-0.4, -0.2) is 34.3 Å². The molecule has 5 N–H and O–H groups in total. The molecule has 0 bridgehead atoms. The van der Waals surface area contributed by atoms with E-state index in [2.05, 4.69) is 25.5 Å². The maximum atomic E-state index is 9.44. The number of hydrogen-bond donors (Lipinski definition) is 3. The first kappa shape index (κ1) is 19.4. The van der Waals surface area contributed by atoms with Gasteiger partial charge in [0.25, 0.3) is 0 Å². The lowest BCUT2D eigenvalue weighted by atomic mass is 10.0. The van der Waals surface area contributed by atoms with Crippen molar-refractivity contribution in [2.45, 2.75) is 19.9 Å². The van der Waals surface area contributed by atoms with E-state index in [0.717, 1.165) is 11.1 Å². The van der Waals surface area contributed by atoms with E-state index in [-0.39, 0.29) is 29.2 Å². The zero-order valence-electron chi connectivity index (χ0n) is 16.4. The van der Waals surface area contributed by atoms with Crippen LogP contribution in [-0.2, 0) is 7.05 Å². The average molecular weight is 424 g/mol. The Hall–Kier alpha value is -3.91. The topological polar surface area (TPSA) is 162 Å². The monoisotopic (exact) mass is 423 g/mol. The summed E-state index contributed by atoms with van der Waals surface area (Å²) in [7, 11) is 1.82. The quantitative estimate of drug-likeness (QED) is 0.446. The number of rotatable bonds is 4. The molecule has 0 radical (unpaired) electrons. The van der Waals surface area contributed by atoms with Crippen molar-refractivity contribution >= 4 is 34.8 Å². The number of anilines is 3. The van der Waals surface area contributed by atoms with Crippen molar-refractivity contribution in [3.8, 4) is 17.3 Å². The van der Waals surface area contributed by atoms with Crippen LogP contribution >= 0.6 is 11.6 Å². The number of nitrogens with zero attached hydrogens (tertiary/aromatic N) is 8. The van der Waals surface area contributed by atoms with Gasteiger partial charge in [-0.25, -0.2) is 9.50 Å². The molecule has 0 aliphatic heterocycles. The van der Waals surface area contributed by atoms with Gasteiger partial charge in [-0.1, -0.05) is 11.6 Å². The van der Waals surface area contributed by atoms with E-state index in [1.54, 1.807) is 15.4 Å². The Kier molecular flexibility index (Phi) is 4.63. The van der Waals surface area contributed by atoms with Gasteiger partial charge >= 0.3 is 0 Å². The summed E-state index contributed by atoms with van der Waals surface area (Å²) in [6, 6.07) is 1.66. The Balaban J connectivity index is 1.86. The summed E-state index contributed by atoms with van der Waals surface area (Å²) in [4.78, 5) is 12.7. The highest BCUT2D eigenvalue weighted by molar-refractivity contribution is 6.34. The average Bonchev–Trinajstić information content (AvgIpc) is 3.23. The minimum absolute atomic E-state index is 0.00948. The lowest BCUT2D eigenvalue weighted by Gasteiger charge is -2.19. The Labute approximate surface area is 176 Å². The summed E-state index contributed by atoms with van der Waals surface area (Å²) in [5.41, 5.74) is 15.1. The fourth-order valence-corrected chi connectivity index (χ4v) is 3.32. The van der Waals surface area contributed by atoms with Gasteiger partial charge in [-0.3, -0.25) is 4.68 Å². The Bertz CT molecular complexity index is 1310. The first-order valence-corrected chi connectivity index (χ1v) is 9.30. The van der Waals surface area contributed by atoms with Gasteiger partial charge in [-0.15, -0.1) is 0 Å². The Morgan fingerprint density at radius 3 is 2.67 bits per heavy atom. The van der Waals surface area contributed by atoms with E-state index in [1.165, 1.54) is 0 Å². The maximum Gasteiger partial charge on any atom is 0.224 e. The van der Waals surface area contributed by atoms with E-state index < -0.39 is 0 Å². The number of hydrogen-bond acceptors (Lipinski definition) is 9. The van der Waals surface area contributed by atoms with Gasteiger partial charge in [-0.05, 0) is 13.8 Å². The van der Waals surface area contributed by atoms with E-state index >= 15 is 0 Å². The van der Waals surface area contributed by atoms with Crippen molar-refractivity contribution in [1.82, 2.24) is 34.3 Å². The molecular formula is C18H18ClN11. The first-order chi connectivity index (χ1) is 14.3. The van der Waals surface area contributed by atoms with Crippen molar-refractivity contribution in [2.75, 3.05) is 16.8 Å². The third-order valence-electron chi connectivity index (χ3n) is 4.61. The molecule has 4 aromatic rings. The van der Waals surface area contributed by atoms with Crippen molar-refractivity contribution in [2.24, 2.45) is 7.05 Å². The highest BCUT2D eigenvalue weighted by Crippen LogP contribution is 2.32. The lowest BCUT2D eigenvalue weighted by Crippen LogP contribution is -2.15. The molecule has 0 aromatic carbocycles. The van der Waals surface area contributed by atoms with Gasteiger partial charge in [0.1, 0.15) is 22.5 Å². The molecule has 30 heavy (non-hydrogen) atoms. The van der Waals surface area contributed by atoms with E-state index in [9.17, 15) is 5.26 Å². The molecule has 0 fully saturated rings. The number of aryl methyl sites for hydroxylation is 2. The summed E-state index contributed by atoms with van der Waals surface area (Å²) in [6.07, 6.45) is 5.41. The van der Waals surface area contributed by atoms with E-state index in [0.29, 0.717) is 22.1 Å². The summed E-state index contributed by atoms with van der Waals surface area (Å²) < 4.78 is 3.31. The minimum Gasteiger partial charge on any atom is -0.382 e. The van der Waals surface area contributed by atoms with Crippen LogP contribution in [0.5, 0.6) is 0 Å². The molecule has 11 nitrogen and oxygen atoms in total. The fourth-order valence-electron chi connectivity index (χ4n) is 3.15. The maximum absolute atomic E-state index is 9.44. The molecule has 0 saturated heterocycles. The van der Waals surface area contributed by atoms with Crippen molar-refractivity contribution in [1.29, 1.82) is 5.26 Å². The molecule has 0 aliphatic rings. The number of nitrogens with two attached hydrogens (primary N) is 2. The van der Waals surface area contributed by atoms with Gasteiger partial charge in [-0.2, -0.15) is 25.4 Å². The highest BCUT2D eigenvalue weighted by Gasteiger charge is 2.21. The second-order valence-corrected chi connectivity index (χ2v) is 7.16. The lowest BCUT2D eigenvalue weighted by molar-refractivity contribution is 0.768. The predicted molar refractivity (Wildman–Crippen MR) is 113 cm³/mol. The Morgan fingerprint density at radius 2 is 2.00 bits per heavy atom. The summed E-state index contributed by atoms with van der Waals surface area (Å²) in [5.74, 6) is 0.217. The standard InChI is InChI=1S/C18H18ClN11/c1-8(24-16-11(4-20)15(21)26-18(22)27-16)12-7-30-17(13(19)9(2)28-30)25-14(12)10-5-23-29(3)6-10/h5-8H,1-3H3,(H5,21,22,24,26,27)/t8-/m0/s1. The zero-order valence-corrected chi connectivity index (χ0v) is 17.2. The largest absolute Gasteiger partial charge is 0.382 e. The van der Waals surface area contributed by atoms with Crippen molar-refractivity contribution in [3.05, 3.63) is 40.4 Å². The SMILES string of the molecule is Cc1nn2cc([C@H](C)Nc3nc(N)nc(N)c3C#N)c(-c3cnn(C)c3)nc2c1Cl. The van der Waals surface area contributed by atoms with E-state index in [4.69, 9.17) is 28.1 Å². The van der Waals surface area contributed by atoms with Crippen LogP contribution in [0.2, 0.25) is 5.02 Å². The Morgan fingerprint density at radius 1 is 1.23 bits per heavy atom. The number of fused-ring (bicyclic) bond motifs is 1. The van der Waals surface area contributed by atoms with Crippen LogP contribution in [0, 0.1) is 18.3 Å². The van der Waals surface area contributed by atoms with Crippen LogP contribution in [0.3, 0.4) is 0 Å². The third kappa shape index (κ3) is 3.23. The summed E-state index contributed by atoms with van der Waals surface area (Å²) in [6.45, 7) is 3.71. The molecule has 4 aromatic heterocycles. The zero-order chi connectivity index (χ0) is 21.6. The van der Waals surface area contributed by atoms with Gasteiger partial charge < -0.3 is 16.8 Å². The van der Waals surface area contributed by atoms with Gasteiger partial charge in [0, 0.05) is 30.6 Å². The summed E-state index contributed by atoms with van der Waals surface area (Å²) >= 11 is 6.38. The number of nitrogen functional groups attached to an aromatic ring is 2. The molecule has 1 atom stereocenters. The molecule has 4 heterocycles. The van der Waals surface area contributed by atoms with Crippen molar-refractivity contribution < 1.29 is 0 Å². The smallest absolute Gasteiger partial charge is 0.224 e. The fraction of sp³-hybridized carbons (Fsp3) is 0.222. The van der Waals surface area contributed by atoms with E-state index in [1.807, 2.05) is 39.4 Å². The second-order valence-electron chi connectivity index (χ2n) is 6.78. The van der Waals surface area contributed by atoms with Crippen LogP contribution in [0.4, 0.5) is 17.6 Å². The molecule has 0 unspecified atom stereocenters. The first-order valence-electron chi connectivity index (χ1n) is 8.92. The van der Waals surface area contributed by atoms with Gasteiger partial charge in [0.05, 0.1) is 23.6 Å². The van der Waals surface area contributed by atoms with Crippen molar-refractivity contribution in [3.63, 3.8) is 0 Å². The molecular weight excluding hydrogens is 406 g/mol. The van der Waals surface area contributed by atoms with Gasteiger partial charge in [0.15, 0.2) is 11.5 Å². The molecule has 152 valence electrons.